The highest BCUT2D eigenvalue weighted by Gasteiger charge is 2.35. The van der Waals surface area contributed by atoms with Crippen LogP contribution in [0.4, 0.5) is 11.4 Å². The molecule has 156 valence electrons. The van der Waals surface area contributed by atoms with Crippen LogP contribution in [0.1, 0.15) is 13.3 Å². The van der Waals surface area contributed by atoms with Gasteiger partial charge in [0.05, 0.1) is 12.8 Å². The number of carbonyl (C=O) groups excluding carboxylic acids is 2. The predicted octanol–water partition coefficient (Wildman–Crippen LogP) is 3.40. The van der Waals surface area contributed by atoms with Crippen LogP contribution in [0.2, 0.25) is 0 Å². The number of carbonyl (C=O) groups is 2. The Kier molecular flexibility index (Phi) is 5.80. The molecular formula is C21H21N3O5S. The Morgan fingerprint density at radius 3 is 2.73 bits per heavy atom. The van der Waals surface area contributed by atoms with Gasteiger partial charge in [0.1, 0.15) is 11.0 Å². The molecule has 30 heavy (non-hydrogen) atoms. The van der Waals surface area contributed by atoms with E-state index in [1.165, 1.54) is 11.8 Å². The summed E-state index contributed by atoms with van der Waals surface area (Å²) in [7, 11) is 1.58. The monoisotopic (exact) mass is 427 g/mol. The van der Waals surface area contributed by atoms with Gasteiger partial charge in [-0.05, 0) is 43.3 Å². The first-order valence-electron chi connectivity index (χ1n) is 9.47. The Bertz CT molecular complexity index is 993. The molecule has 0 radical (unpaired) electrons. The molecular weight excluding hydrogens is 406 g/mol. The number of thioether (sulfide) groups is 1. The maximum atomic E-state index is 12.8. The minimum absolute atomic E-state index is 0.112. The van der Waals surface area contributed by atoms with Gasteiger partial charge in [-0.15, -0.1) is 0 Å². The molecule has 2 aromatic rings. The molecule has 0 bridgehead atoms. The van der Waals surface area contributed by atoms with Crippen molar-refractivity contribution in [3.05, 3.63) is 42.5 Å². The lowest BCUT2D eigenvalue weighted by Gasteiger charge is -2.30. The Morgan fingerprint density at radius 1 is 1.23 bits per heavy atom. The average molecular weight is 427 g/mol. The predicted molar refractivity (Wildman–Crippen MR) is 115 cm³/mol. The van der Waals surface area contributed by atoms with E-state index in [1.807, 2.05) is 6.92 Å². The van der Waals surface area contributed by atoms with E-state index >= 15 is 0 Å². The third-order valence-electron chi connectivity index (χ3n) is 4.69. The highest BCUT2D eigenvalue weighted by molar-refractivity contribution is 8.15. The number of aliphatic imine (C=N–C) groups is 1. The number of hydrogen-bond donors (Lipinski definition) is 1. The van der Waals surface area contributed by atoms with E-state index in [1.54, 1.807) is 54.5 Å². The Labute approximate surface area is 178 Å². The quantitative estimate of drug-likeness (QED) is 0.787. The largest absolute Gasteiger partial charge is 0.497 e. The molecule has 2 aromatic carbocycles. The second-order valence-electron chi connectivity index (χ2n) is 6.60. The van der Waals surface area contributed by atoms with Gasteiger partial charge in [0.25, 0.3) is 0 Å². The van der Waals surface area contributed by atoms with Gasteiger partial charge in [-0.3, -0.25) is 14.5 Å². The minimum Gasteiger partial charge on any atom is -0.497 e. The number of benzene rings is 2. The zero-order valence-corrected chi connectivity index (χ0v) is 17.4. The molecule has 1 fully saturated rings. The lowest BCUT2D eigenvalue weighted by atomic mass is 10.2. The standard InChI is InChI=1S/C21H21N3O5S/c1-3-24-19(25)11-18(20(26)22-13-4-7-15(27-2)8-5-13)30-21(24)23-14-6-9-16-17(10-14)29-12-28-16/h4-10,18H,3,11-12H2,1-2H3,(H,22,26)/t18-/m0/s1. The van der Waals surface area contributed by atoms with E-state index in [2.05, 4.69) is 10.3 Å². The van der Waals surface area contributed by atoms with Gasteiger partial charge in [-0.2, -0.15) is 0 Å². The lowest BCUT2D eigenvalue weighted by Crippen LogP contribution is -2.45. The van der Waals surface area contributed by atoms with Gasteiger partial charge in [-0.25, -0.2) is 4.99 Å². The number of fused-ring (bicyclic) bond motifs is 1. The van der Waals surface area contributed by atoms with Crippen LogP contribution in [-0.4, -0.2) is 47.6 Å². The van der Waals surface area contributed by atoms with Crippen LogP contribution >= 0.6 is 11.8 Å². The van der Waals surface area contributed by atoms with E-state index in [-0.39, 0.29) is 25.0 Å². The van der Waals surface area contributed by atoms with Crippen LogP contribution < -0.4 is 19.5 Å². The summed E-state index contributed by atoms with van der Waals surface area (Å²) in [6.45, 7) is 2.53. The molecule has 2 heterocycles. The van der Waals surface area contributed by atoms with Gasteiger partial charge in [0.15, 0.2) is 16.7 Å². The molecule has 1 N–H and O–H groups in total. The first-order valence-corrected chi connectivity index (χ1v) is 10.4. The van der Waals surface area contributed by atoms with Crippen LogP contribution in [0.25, 0.3) is 0 Å². The maximum absolute atomic E-state index is 12.8. The summed E-state index contributed by atoms with van der Waals surface area (Å²) < 4.78 is 15.8. The number of nitrogens with one attached hydrogen (secondary N) is 1. The number of hydrogen-bond acceptors (Lipinski definition) is 7. The van der Waals surface area contributed by atoms with Gasteiger partial charge >= 0.3 is 0 Å². The summed E-state index contributed by atoms with van der Waals surface area (Å²) in [4.78, 5) is 31.6. The van der Waals surface area contributed by atoms with Crippen molar-refractivity contribution in [2.24, 2.45) is 4.99 Å². The third-order valence-corrected chi connectivity index (χ3v) is 5.87. The number of anilines is 1. The van der Waals surface area contributed by atoms with E-state index in [4.69, 9.17) is 14.2 Å². The molecule has 0 aromatic heterocycles. The molecule has 2 amide bonds. The molecule has 1 saturated heterocycles. The fourth-order valence-electron chi connectivity index (χ4n) is 3.11. The van der Waals surface area contributed by atoms with E-state index < -0.39 is 5.25 Å². The summed E-state index contributed by atoms with van der Waals surface area (Å²) >= 11 is 1.28. The normalized spacial score (nSPS) is 19.1. The van der Waals surface area contributed by atoms with Crippen molar-refractivity contribution in [3.8, 4) is 17.2 Å². The number of rotatable bonds is 5. The molecule has 0 aliphatic carbocycles. The Balaban J connectivity index is 1.53. The summed E-state index contributed by atoms with van der Waals surface area (Å²) in [6, 6.07) is 12.4. The smallest absolute Gasteiger partial charge is 0.238 e. The van der Waals surface area contributed by atoms with Crippen LogP contribution in [-0.2, 0) is 9.59 Å². The zero-order chi connectivity index (χ0) is 21.1. The van der Waals surface area contributed by atoms with Crippen LogP contribution in [0.3, 0.4) is 0 Å². The topological polar surface area (TPSA) is 89.5 Å². The maximum Gasteiger partial charge on any atom is 0.238 e. The second-order valence-corrected chi connectivity index (χ2v) is 7.77. The summed E-state index contributed by atoms with van der Waals surface area (Å²) in [5, 5.41) is 2.77. The van der Waals surface area contributed by atoms with E-state index in [0.717, 1.165) is 0 Å². The van der Waals surface area contributed by atoms with Gasteiger partial charge in [0.2, 0.25) is 18.6 Å². The molecule has 0 unspecified atom stereocenters. The first-order chi connectivity index (χ1) is 14.6. The number of amides is 2. The average Bonchev–Trinajstić information content (AvgIpc) is 3.22. The zero-order valence-electron chi connectivity index (χ0n) is 16.6. The van der Waals surface area contributed by atoms with Crippen molar-refractivity contribution in [2.75, 3.05) is 25.8 Å². The molecule has 2 aliphatic rings. The third kappa shape index (κ3) is 4.20. The molecule has 2 aliphatic heterocycles. The molecule has 8 nitrogen and oxygen atoms in total. The van der Waals surface area contributed by atoms with Crippen LogP contribution in [0.5, 0.6) is 17.2 Å². The molecule has 9 heteroatoms. The summed E-state index contributed by atoms with van der Waals surface area (Å²) in [6.07, 6.45) is 0.112. The Hall–Kier alpha value is -3.20. The van der Waals surface area contributed by atoms with Crippen molar-refractivity contribution in [1.29, 1.82) is 0 Å². The van der Waals surface area contributed by atoms with Crippen molar-refractivity contribution in [3.63, 3.8) is 0 Å². The van der Waals surface area contributed by atoms with Crippen LogP contribution in [0.15, 0.2) is 47.5 Å². The van der Waals surface area contributed by atoms with Crippen molar-refractivity contribution in [1.82, 2.24) is 4.90 Å². The highest BCUT2D eigenvalue weighted by atomic mass is 32.2. The minimum atomic E-state index is -0.574. The fourth-order valence-corrected chi connectivity index (χ4v) is 4.28. The van der Waals surface area contributed by atoms with Crippen molar-refractivity contribution < 1.29 is 23.8 Å². The molecule has 0 spiro atoms. The number of amidine groups is 1. The van der Waals surface area contributed by atoms with E-state index in [9.17, 15) is 9.59 Å². The number of ether oxygens (including phenoxy) is 3. The first kappa shape index (κ1) is 20.1. The van der Waals surface area contributed by atoms with Gasteiger partial charge < -0.3 is 19.5 Å². The van der Waals surface area contributed by atoms with Gasteiger partial charge in [-0.1, -0.05) is 11.8 Å². The second kappa shape index (κ2) is 8.66. The van der Waals surface area contributed by atoms with Gasteiger partial charge in [0, 0.05) is 24.7 Å². The van der Waals surface area contributed by atoms with E-state index in [0.29, 0.717) is 40.3 Å². The SMILES string of the molecule is CCN1C(=O)C[C@@H](C(=O)Nc2ccc(OC)cc2)SC1=Nc1ccc2c(c1)OCO2. The molecule has 1 atom stereocenters. The summed E-state index contributed by atoms with van der Waals surface area (Å²) in [5.41, 5.74) is 1.27. The highest BCUT2D eigenvalue weighted by Crippen LogP contribution is 2.36. The fraction of sp³-hybridized carbons (Fsp3) is 0.286. The number of nitrogens with zero attached hydrogens (tertiary/aromatic N) is 2. The summed E-state index contributed by atoms with van der Waals surface area (Å²) in [5.74, 6) is 1.60. The van der Waals surface area contributed by atoms with Crippen LogP contribution in [0, 0.1) is 0 Å². The molecule has 0 saturated carbocycles. The van der Waals surface area contributed by atoms with Crippen molar-refractivity contribution in [2.45, 2.75) is 18.6 Å². The molecule has 4 rings (SSSR count). The number of methoxy groups -OCH3 is 1. The van der Waals surface area contributed by atoms with Crippen molar-refractivity contribution >= 4 is 40.1 Å². The Morgan fingerprint density at radius 2 is 2.00 bits per heavy atom. The lowest BCUT2D eigenvalue weighted by molar-refractivity contribution is -0.129.